The van der Waals surface area contributed by atoms with Gasteiger partial charge in [-0.1, -0.05) is 12.5 Å². The van der Waals surface area contributed by atoms with Crippen LogP contribution in [-0.4, -0.2) is 69.5 Å². The molecular formula is C28H34N2O10. The smallest absolute Gasteiger partial charge is 0.352 e. The number of phenols is 1. The van der Waals surface area contributed by atoms with E-state index >= 15 is 0 Å². The molecule has 6 N–H and O–H groups in total. The number of carbonyl (C=O) groups is 4. The molecule has 0 radical (unpaired) electrons. The van der Waals surface area contributed by atoms with Crippen LogP contribution >= 0.6 is 0 Å². The maximum absolute atomic E-state index is 12.9. The Morgan fingerprint density at radius 3 is 2.77 bits per heavy atom. The van der Waals surface area contributed by atoms with Crippen molar-refractivity contribution in [3.63, 3.8) is 0 Å². The zero-order valence-electron chi connectivity index (χ0n) is 22.2. The second kappa shape index (κ2) is 10.4. The average Bonchev–Trinajstić information content (AvgIpc) is 3.25. The highest BCUT2D eigenvalue weighted by atomic mass is 16.6. The molecule has 216 valence electrons. The summed E-state index contributed by atoms with van der Waals surface area (Å²) < 4.78 is 17.1. The lowest BCUT2D eigenvalue weighted by Crippen LogP contribution is -2.67. The monoisotopic (exact) mass is 558 g/mol. The molecule has 3 aliphatic carbocycles. The molecule has 1 spiro atoms. The number of benzene rings is 1. The van der Waals surface area contributed by atoms with E-state index in [9.17, 15) is 29.4 Å². The molecule has 1 aromatic rings. The van der Waals surface area contributed by atoms with Crippen LogP contribution in [0.1, 0.15) is 63.0 Å². The maximum atomic E-state index is 12.9. The second-order valence-electron chi connectivity index (χ2n) is 11.1. The van der Waals surface area contributed by atoms with Crippen LogP contribution in [0.25, 0.3) is 0 Å². The predicted molar refractivity (Wildman–Crippen MR) is 137 cm³/mol. The number of ether oxygens (including phenoxy) is 3. The van der Waals surface area contributed by atoms with E-state index in [-0.39, 0.29) is 49.7 Å². The number of aliphatic hydroxyl groups is 1. The normalized spacial score (nSPS) is 28.7. The first-order valence-electron chi connectivity index (χ1n) is 13.6. The fraction of sp³-hybridized carbons (Fsp3) is 0.571. The number of esters is 2. The quantitative estimate of drug-likeness (QED) is 0.256. The third-order valence-electron chi connectivity index (χ3n) is 8.76. The van der Waals surface area contributed by atoms with E-state index in [4.69, 9.17) is 25.1 Å². The molecule has 0 saturated heterocycles. The van der Waals surface area contributed by atoms with Crippen molar-refractivity contribution in [2.45, 2.75) is 87.6 Å². The first-order valence-corrected chi connectivity index (χ1v) is 13.6. The van der Waals surface area contributed by atoms with E-state index < -0.39 is 53.1 Å². The Balaban J connectivity index is 1.21. The molecule has 12 heteroatoms. The second-order valence-corrected chi connectivity index (χ2v) is 11.1. The highest BCUT2D eigenvalue weighted by molar-refractivity contribution is 5.83. The number of hydrogen-bond donors (Lipinski definition) is 5. The summed E-state index contributed by atoms with van der Waals surface area (Å²) >= 11 is 0. The van der Waals surface area contributed by atoms with Crippen LogP contribution in [-0.2, 0) is 40.5 Å². The van der Waals surface area contributed by atoms with E-state index in [1.54, 1.807) is 12.1 Å². The summed E-state index contributed by atoms with van der Waals surface area (Å²) in [6, 6.07) is 2.44. The van der Waals surface area contributed by atoms with Crippen LogP contribution in [0, 0.1) is 5.92 Å². The topological polar surface area (TPSA) is 195 Å². The zero-order chi connectivity index (χ0) is 28.8. The van der Waals surface area contributed by atoms with Gasteiger partial charge in [0.15, 0.2) is 23.7 Å². The Morgan fingerprint density at radius 1 is 1.25 bits per heavy atom. The standard InChI is InChI=1S/C28H34N2O10/c1-14(38-21(34)9-12-30-25(35)17(29)5-7-20(32)33)26(36)39-19-8-11-28(37)16-3-2-10-27(28)22-15(13-16)4-6-18(31)23(22)40-24(19)27/h4,6,8,14,16-17,24,31,37H,2-3,5,7,9-13,29H2,1H3,(H,30,35)(H,32,33)/t14-,16+,17-,24-,27?,28+/m0/s1. The predicted octanol–water partition coefficient (Wildman–Crippen LogP) is 0.939. The highest BCUT2D eigenvalue weighted by Crippen LogP contribution is 2.67. The summed E-state index contributed by atoms with van der Waals surface area (Å²) in [7, 11) is 0. The first-order chi connectivity index (χ1) is 19.0. The average molecular weight is 559 g/mol. The van der Waals surface area contributed by atoms with Crippen LogP contribution in [0.3, 0.4) is 0 Å². The van der Waals surface area contributed by atoms with Crippen molar-refractivity contribution >= 4 is 23.8 Å². The number of rotatable bonds is 10. The molecule has 1 saturated carbocycles. The highest BCUT2D eigenvalue weighted by Gasteiger charge is 2.70. The molecule has 1 amide bonds. The summed E-state index contributed by atoms with van der Waals surface area (Å²) in [4.78, 5) is 47.7. The SMILES string of the molecule is C[C@H](OC(=O)CCNC(=O)[C@@H](N)CCC(=O)O)C(=O)OC1=CC[C@@]2(O)[C@@H]3CCCC24c2c(ccc(O)c2O[C@@H]14)C3. The van der Waals surface area contributed by atoms with Crippen molar-refractivity contribution in [3.05, 3.63) is 35.1 Å². The van der Waals surface area contributed by atoms with Crippen molar-refractivity contribution < 1.29 is 48.7 Å². The zero-order valence-corrected chi connectivity index (χ0v) is 22.2. The summed E-state index contributed by atoms with van der Waals surface area (Å²) in [5, 5.41) is 33.7. The summed E-state index contributed by atoms with van der Waals surface area (Å²) in [6.07, 6.45) is 2.32. The van der Waals surface area contributed by atoms with Gasteiger partial charge in [0, 0.05) is 18.5 Å². The van der Waals surface area contributed by atoms with Gasteiger partial charge in [-0.25, -0.2) is 4.79 Å². The largest absolute Gasteiger partial charge is 0.504 e. The number of carboxylic acids is 1. The number of phenolic OH excluding ortho intramolecular Hbond substituents is 1. The molecule has 12 nitrogen and oxygen atoms in total. The van der Waals surface area contributed by atoms with E-state index in [1.807, 2.05) is 6.07 Å². The van der Waals surface area contributed by atoms with Crippen LogP contribution in [0.2, 0.25) is 0 Å². The van der Waals surface area contributed by atoms with Gasteiger partial charge < -0.3 is 40.6 Å². The first kappa shape index (κ1) is 27.9. The van der Waals surface area contributed by atoms with Crippen LogP contribution in [0.15, 0.2) is 24.0 Å². The Morgan fingerprint density at radius 2 is 2.02 bits per heavy atom. The molecule has 1 aliphatic heterocycles. The number of nitrogens with two attached hydrogens (primary N) is 1. The number of nitrogens with one attached hydrogen (secondary N) is 1. The Hall–Kier alpha value is -3.64. The minimum absolute atomic E-state index is 0.0101. The number of carbonyl (C=O) groups excluding carboxylic acids is 3. The molecule has 1 fully saturated rings. The lowest BCUT2D eigenvalue weighted by molar-refractivity contribution is -0.171. The third kappa shape index (κ3) is 4.48. The van der Waals surface area contributed by atoms with Crippen molar-refractivity contribution in [2.24, 2.45) is 11.7 Å². The summed E-state index contributed by atoms with van der Waals surface area (Å²) in [6.45, 7) is 1.26. The minimum atomic E-state index is -1.27. The maximum Gasteiger partial charge on any atom is 0.352 e. The van der Waals surface area contributed by atoms with Crippen molar-refractivity contribution in [2.75, 3.05) is 6.54 Å². The van der Waals surface area contributed by atoms with Crippen LogP contribution in [0.5, 0.6) is 11.5 Å². The van der Waals surface area contributed by atoms with Gasteiger partial charge in [0.25, 0.3) is 0 Å². The van der Waals surface area contributed by atoms with Gasteiger partial charge in [0.05, 0.1) is 23.5 Å². The Bertz CT molecular complexity index is 1280. The number of amides is 1. The summed E-state index contributed by atoms with van der Waals surface area (Å²) in [5.74, 6) is -2.74. The fourth-order valence-electron chi connectivity index (χ4n) is 6.86. The van der Waals surface area contributed by atoms with Crippen LogP contribution < -0.4 is 15.8 Å². The molecule has 0 aromatic heterocycles. The van der Waals surface area contributed by atoms with Gasteiger partial charge in [-0.2, -0.15) is 0 Å². The lowest BCUT2D eigenvalue weighted by atomic mass is 9.47. The van der Waals surface area contributed by atoms with Gasteiger partial charge in [-0.05, 0) is 62.7 Å². The van der Waals surface area contributed by atoms with Crippen molar-refractivity contribution in [1.82, 2.24) is 5.32 Å². The number of hydrogen-bond acceptors (Lipinski definition) is 10. The third-order valence-corrected chi connectivity index (χ3v) is 8.76. The molecular weight excluding hydrogens is 524 g/mol. The molecule has 40 heavy (non-hydrogen) atoms. The summed E-state index contributed by atoms with van der Waals surface area (Å²) in [5.41, 5.74) is 5.49. The van der Waals surface area contributed by atoms with Crippen LogP contribution in [0.4, 0.5) is 0 Å². The number of aromatic hydroxyl groups is 1. The van der Waals surface area contributed by atoms with E-state index in [2.05, 4.69) is 5.32 Å². The molecule has 2 bridgehead atoms. The Kier molecular flexibility index (Phi) is 7.26. The van der Waals surface area contributed by atoms with E-state index in [0.717, 1.165) is 24.0 Å². The Labute approximate surface area is 230 Å². The van der Waals surface area contributed by atoms with E-state index in [1.165, 1.54) is 6.92 Å². The molecule has 6 atom stereocenters. The fourth-order valence-corrected chi connectivity index (χ4v) is 6.86. The molecule has 1 unspecified atom stereocenters. The minimum Gasteiger partial charge on any atom is -0.504 e. The van der Waals surface area contributed by atoms with Gasteiger partial charge >= 0.3 is 17.9 Å². The number of carboxylic acid groups (broad SMARTS) is 1. The molecule has 5 rings (SSSR count). The number of aliphatic carboxylic acids is 1. The van der Waals surface area contributed by atoms with Crippen molar-refractivity contribution in [1.29, 1.82) is 0 Å². The molecule has 4 aliphatic rings. The van der Waals surface area contributed by atoms with Gasteiger partial charge in [0.1, 0.15) is 5.76 Å². The van der Waals surface area contributed by atoms with Gasteiger partial charge in [-0.3, -0.25) is 14.4 Å². The molecule has 1 heterocycles. The van der Waals surface area contributed by atoms with E-state index in [0.29, 0.717) is 18.6 Å². The van der Waals surface area contributed by atoms with Gasteiger partial charge in [0.2, 0.25) is 5.91 Å². The lowest BCUT2D eigenvalue weighted by Gasteiger charge is -2.59. The van der Waals surface area contributed by atoms with Gasteiger partial charge in [-0.15, -0.1) is 0 Å². The van der Waals surface area contributed by atoms with Crippen molar-refractivity contribution in [3.8, 4) is 11.5 Å². The molecule has 1 aromatic carbocycles.